The molecule has 0 saturated heterocycles. The van der Waals surface area contributed by atoms with Crippen LogP contribution < -0.4 is 15.5 Å². The smallest absolute Gasteiger partial charge is 0.0617 e. The maximum absolute atomic E-state index is 3.51. The molecule has 1 aliphatic carbocycles. The van der Waals surface area contributed by atoms with E-state index in [1.54, 1.807) is 13.0 Å². The lowest BCUT2D eigenvalue weighted by Gasteiger charge is -2.25. The van der Waals surface area contributed by atoms with Crippen molar-refractivity contribution in [1.82, 2.24) is 0 Å². The lowest BCUT2D eigenvalue weighted by atomic mass is 9.92. The second kappa shape index (κ2) is 30.3. The van der Waals surface area contributed by atoms with Crippen molar-refractivity contribution in [1.29, 1.82) is 0 Å². The molecule has 3 nitrogen and oxygen atoms in total. The minimum Gasteiger partial charge on any atom is -0.386 e. The monoisotopic (exact) mass is 822 g/mol. The summed E-state index contributed by atoms with van der Waals surface area (Å²) in [6, 6.07) is 44.4. The summed E-state index contributed by atoms with van der Waals surface area (Å²) >= 11 is 0. The van der Waals surface area contributed by atoms with Gasteiger partial charge >= 0.3 is 0 Å². The van der Waals surface area contributed by atoms with Crippen molar-refractivity contribution in [3.05, 3.63) is 228 Å². The second-order valence-corrected chi connectivity index (χ2v) is 14.9. The summed E-state index contributed by atoms with van der Waals surface area (Å²) in [4.78, 5) is 2.28. The Balaban J connectivity index is 0.000000294. The fourth-order valence-corrected chi connectivity index (χ4v) is 5.91. The molecule has 5 aromatic carbocycles. The molecule has 0 aromatic heterocycles. The van der Waals surface area contributed by atoms with E-state index in [-0.39, 0.29) is 0 Å². The molecule has 0 bridgehead atoms. The Morgan fingerprint density at radius 3 is 1.74 bits per heavy atom. The molecule has 1 aliphatic rings. The van der Waals surface area contributed by atoms with Gasteiger partial charge in [-0.25, -0.2) is 0 Å². The van der Waals surface area contributed by atoms with Gasteiger partial charge in [0.15, 0.2) is 0 Å². The predicted octanol–water partition coefficient (Wildman–Crippen LogP) is 17.1. The molecular formula is C59H71N3. The minimum absolute atomic E-state index is 0.629. The van der Waals surface area contributed by atoms with Crippen LogP contribution in [0.4, 0.5) is 28.4 Å². The third kappa shape index (κ3) is 19.5. The number of para-hydroxylation sites is 3. The number of aryl methyl sites for hydroxylation is 3. The Bertz CT molecular complexity index is 2230. The highest BCUT2D eigenvalue weighted by atomic mass is 15.1. The van der Waals surface area contributed by atoms with Gasteiger partial charge in [0.2, 0.25) is 0 Å². The highest BCUT2D eigenvalue weighted by molar-refractivity contribution is 5.76. The minimum atomic E-state index is 0.629. The summed E-state index contributed by atoms with van der Waals surface area (Å²) < 4.78 is 0. The summed E-state index contributed by atoms with van der Waals surface area (Å²) in [7, 11) is 1.95. The van der Waals surface area contributed by atoms with Crippen molar-refractivity contribution in [3.63, 3.8) is 0 Å². The SMILES string of the molecule is C=CC#CC.C=CCC.CNc1ccccc1NC1=CC=C(C)C(C)C1.C\C=C/C=C\C(C)=C\c1ccccc1C.Cc1ccc(N(c2ccccc2)c2ccc(C)cc2)cc1. The molecule has 0 spiro atoms. The Morgan fingerprint density at radius 1 is 0.726 bits per heavy atom. The number of nitrogens with one attached hydrogen (secondary N) is 2. The molecule has 1 unspecified atom stereocenters. The fourth-order valence-electron chi connectivity index (χ4n) is 5.91. The van der Waals surface area contributed by atoms with Gasteiger partial charge in [-0.3, -0.25) is 0 Å². The van der Waals surface area contributed by atoms with Gasteiger partial charge in [0.05, 0.1) is 11.4 Å². The molecule has 0 fully saturated rings. The predicted molar refractivity (Wildman–Crippen MR) is 279 cm³/mol. The first kappa shape index (κ1) is 51.4. The zero-order chi connectivity index (χ0) is 45.5. The second-order valence-electron chi connectivity index (χ2n) is 14.9. The summed E-state index contributed by atoms with van der Waals surface area (Å²) in [5.74, 6) is 5.90. The molecular weight excluding hydrogens is 751 g/mol. The van der Waals surface area contributed by atoms with E-state index < -0.39 is 0 Å². The third-order valence-corrected chi connectivity index (χ3v) is 9.71. The van der Waals surface area contributed by atoms with Gasteiger partial charge in [0.25, 0.3) is 0 Å². The Labute approximate surface area is 376 Å². The van der Waals surface area contributed by atoms with Crippen molar-refractivity contribution in [3.8, 4) is 11.8 Å². The molecule has 0 amide bonds. The molecule has 322 valence electrons. The van der Waals surface area contributed by atoms with Crippen molar-refractivity contribution in [2.45, 2.75) is 75.2 Å². The van der Waals surface area contributed by atoms with Crippen LogP contribution in [0.25, 0.3) is 6.08 Å². The van der Waals surface area contributed by atoms with Gasteiger partial charge in [-0.1, -0.05) is 170 Å². The van der Waals surface area contributed by atoms with Crippen molar-refractivity contribution in [2.24, 2.45) is 5.92 Å². The number of benzene rings is 5. The van der Waals surface area contributed by atoms with E-state index in [1.807, 2.05) is 44.3 Å². The van der Waals surface area contributed by atoms with Crippen LogP contribution >= 0.6 is 0 Å². The molecule has 0 saturated carbocycles. The first-order valence-electron chi connectivity index (χ1n) is 21.6. The van der Waals surface area contributed by atoms with Crippen molar-refractivity contribution < 1.29 is 0 Å². The fraction of sp³-hybridized carbons (Fsp3) is 0.220. The van der Waals surface area contributed by atoms with Crippen LogP contribution in [0.5, 0.6) is 0 Å². The van der Waals surface area contributed by atoms with E-state index in [2.05, 4.69) is 235 Å². The normalized spacial score (nSPS) is 12.7. The first-order valence-corrected chi connectivity index (χ1v) is 21.6. The average Bonchev–Trinajstić information content (AvgIpc) is 3.29. The van der Waals surface area contributed by atoms with Crippen LogP contribution in [0.15, 0.2) is 206 Å². The molecule has 62 heavy (non-hydrogen) atoms. The van der Waals surface area contributed by atoms with Gasteiger partial charge in [-0.05, 0) is 139 Å². The summed E-state index contributed by atoms with van der Waals surface area (Å²) in [5, 5.41) is 6.71. The van der Waals surface area contributed by atoms with E-state index >= 15 is 0 Å². The van der Waals surface area contributed by atoms with E-state index in [1.165, 1.54) is 56.2 Å². The molecule has 1 atom stereocenters. The topological polar surface area (TPSA) is 27.3 Å². The first-order chi connectivity index (χ1) is 30.0. The maximum Gasteiger partial charge on any atom is 0.0617 e. The Hall–Kier alpha value is -6.76. The van der Waals surface area contributed by atoms with Crippen LogP contribution in [0.1, 0.15) is 76.6 Å². The van der Waals surface area contributed by atoms with Gasteiger partial charge in [0, 0.05) is 29.8 Å². The maximum atomic E-state index is 3.51. The highest BCUT2D eigenvalue weighted by Crippen LogP contribution is 2.34. The molecule has 5 aromatic rings. The zero-order valence-electron chi connectivity index (χ0n) is 39.2. The summed E-state index contributed by atoms with van der Waals surface area (Å²) in [6.45, 7) is 25.7. The molecule has 0 radical (unpaired) electrons. The number of rotatable bonds is 10. The van der Waals surface area contributed by atoms with Gasteiger partial charge in [-0.2, -0.15) is 0 Å². The molecule has 6 rings (SSSR count). The molecule has 3 heteroatoms. The molecule has 2 N–H and O–H groups in total. The van der Waals surface area contributed by atoms with Crippen LogP contribution in [-0.2, 0) is 0 Å². The largest absolute Gasteiger partial charge is 0.386 e. The van der Waals surface area contributed by atoms with E-state index in [0.717, 1.165) is 24.2 Å². The number of hydrogen-bond acceptors (Lipinski definition) is 3. The lowest BCUT2D eigenvalue weighted by molar-refractivity contribution is 0.664. The third-order valence-electron chi connectivity index (χ3n) is 9.71. The zero-order valence-corrected chi connectivity index (χ0v) is 39.2. The van der Waals surface area contributed by atoms with Gasteiger partial charge < -0.3 is 15.5 Å². The van der Waals surface area contributed by atoms with Crippen LogP contribution in [-0.4, -0.2) is 7.05 Å². The molecule has 0 heterocycles. The lowest BCUT2D eigenvalue weighted by Crippen LogP contribution is -2.10. The van der Waals surface area contributed by atoms with E-state index in [4.69, 9.17) is 0 Å². The quantitative estimate of drug-likeness (QED) is 0.0835. The van der Waals surface area contributed by atoms with E-state index in [9.17, 15) is 0 Å². The standard InChI is InChI=1S/C20H19N.C15H20N2.C15H18.C5H6.C4H8/c1-16-8-12-19(13-9-16)21(18-6-4-3-5-7-18)20-14-10-17(2)11-15-20;1-11-8-9-13(10-12(11)2)17-15-7-5-4-6-14(15)16-3;1-4-5-6-9-13(2)12-15-11-8-7-10-14(15)3;1-3-5-4-2;1-3-4-2/h3-15H,1-2H3;4-9,12,16-17H,10H2,1-3H3;4-12H,1-3H3;3H,1H2,2H3;3H,1,4H2,2H3/b;;5-4-,9-6-,13-12+;;. The van der Waals surface area contributed by atoms with Gasteiger partial charge in [0.1, 0.15) is 0 Å². The van der Waals surface area contributed by atoms with Crippen molar-refractivity contribution >= 4 is 34.5 Å². The summed E-state index contributed by atoms with van der Waals surface area (Å²) in [5.41, 5.74) is 15.0. The number of anilines is 5. The Morgan fingerprint density at radius 2 is 1.26 bits per heavy atom. The number of allylic oxidation sites excluding steroid dienone is 11. The highest BCUT2D eigenvalue weighted by Gasteiger charge is 2.13. The average molecular weight is 822 g/mol. The number of hydrogen-bond donors (Lipinski definition) is 2. The van der Waals surface area contributed by atoms with Crippen LogP contribution in [0, 0.1) is 38.5 Å². The Kier molecular flexibility index (Phi) is 25.1. The van der Waals surface area contributed by atoms with Crippen LogP contribution in [0.3, 0.4) is 0 Å². The van der Waals surface area contributed by atoms with Gasteiger partial charge in [-0.15, -0.1) is 12.5 Å². The number of nitrogens with zero attached hydrogens (tertiary/aromatic N) is 1. The summed E-state index contributed by atoms with van der Waals surface area (Å²) in [6.07, 6.45) is 20.4. The van der Waals surface area contributed by atoms with E-state index in [0.29, 0.717) is 5.92 Å². The van der Waals surface area contributed by atoms with Crippen LogP contribution in [0.2, 0.25) is 0 Å². The van der Waals surface area contributed by atoms with Crippen molar-refractivity contribution in [2.75, 3.05) is 22.6 Å². The molecule has 0 aliphatic heterocycles.